The Labute approximate surface area is 239 Å². The van der Waals surface area contributed by atoms with Gasteiger partial charge < -0.3 is 10.2 Å². The zero-order valence-corrected chi connectivity index (χ0v) is 24.9. The van der Waals surface area contributed by atoms with Gasteiger partial charge in [-0.05, 0) is 84.8 Å². The number of halogens is 1. The maximum absolute atomic E-state index is 13.9. The van der Waals surface area contributed by atoms with E-state index in [0.29, 0.717) is 12.2 Å². The van der Waals surface area contributed by atoms with Crippen molar-refractivity contribution < 1.29 is 18.0 Å². The second-order valence-corrected chi connectivity index (χ2v) is 12.2. The van der Waals surface area contributed by atoms with Gasteiger partial charge in [0.1, 0.15) is 12.6 Å². The van der Waals surface area contributed by atoms with E-state index < -0.39 is 28.5 Å². The molecule has 1 atom stereocenters. The molecular weight excluding hydrogens is 613 g/mol. The van der Waals surface area contributed by atoms with E-state index in [1.165, 1.54) is 17.0 Å². The van der Waals surface area contributed by atoms with Crippen molar-refractivity contribution in [2.24, 2.45) is 0 Å². The molecule has 0 aliphatic rings. The summed E-state index contributed by atoms with van der Waals surface area (Å²) in [5.41, 5.74) is 2.26. The lowest BCUT2D eigenvalue weighted by molar-refractivity contribution is -0.139. The summed E-state index contributed by atoms with van der Waals surface area (Å²) in [6.45, 7) is 5.92. The third-order valence-electron chi connectivity index (χ3n) is 6.16. The molecule has 0 spiro atoms. The molecule has 0 heterocycles. The summed E-state index contributed by atoms with van der Waals surface area (Å²) in [6.07, 6.45) is 1.77. The van der Waals surface area contributed by atoms with E-state index in [9.17, 15) is 18.0 Å². The quantitative estimate of drug-likeness (QED) is 0.218. The monoisotopic (exact) mass is 647 g/mol. The number of anilines is 1. The predicted octanol–water partition coefficient (Wildman–Crippen LogP) is 5.13. The van der Waals surface area contributed by atoms with Gasteiger partial charge >= 0.3 is 0 Å². The van der Waals surface area contributed by atoms with Crippen molar-refractivity contribution in [1.29, 1.82) is 0 Å². The maximum atomic E-state index is 13.9. The largest absolute Gasteiger partial charge is 0.354 e. The van der Waals surface area contributed by atoms with Crippen molar-refractivity contribution in [3.63, 3.8) is 0 Å². The molecule has 3 aromatic carbocycles. The zero-order chi connectivity index (χ0) is 27.7. The van der Waals surface area contributed by atoms with Crippen LogP contribution >= 0.6 is 22.6 Å². The number of unbranched alkanes of at least 4 members (excludes halogenated alkanes) is 1. The molecule has 0 saturated carbocycles. The highest BCUT2D eigenvalue weighted by Gasteiger charge is 2.32. The lowest BCUT2D eigenvalue weighted by Gasteiger charge is -2.32. The smallest absolute Gasteiger partial charge is 0.264 e. The van der Waals surface area contributed by atoms with Gasteiger partial charge in [-0.1, -0.05) is 61.4 Å². The molecule has 202 valence electrons. The molecule has 0 bridgehead atoms. The van der Waals surface area contributed by atoms with Gasteiger partial charge in [0.05, 0.1) is 10.6 Å². The number of carbonyl (C=O) groups excluding carboxylic acids is 2. The number of nitrogens with zero attached hydrogens (tertiary/aromatic N) is 2. The normalized spacial score (nSPS) is 12.0. The van der Waals surface area contributed by atoms with Gasteiger partial charge in [0.15, 0.2) is 0 Å². The third-order valence-corrected chi connectivity index (χ3v) is 8.66. The first kappa shape index (κ1) is 29.6. The number of nitrogens with one attached hydrogen (secondary N) is 1. The highest BCUT2D eigenvalue weighted by Crippen LogP contribution is 2.25. The van der Waals surface area contributed by atoms with E-state index in [4.69, 9.17) is 0 Å². The molecule has 0 fully saturated rings. The SMILES string of the molecule is CCCCNC(=O)[C@@H](C)N(Cc1cccc(C)c1)C(=O)CN(c1ccc(I)cc1)S(=O)(=O)c1ccccc1. The standard InChI is InChI=1S/C29H34IN3O4S/c1-4-5-18-31-29(35)23(3)32(20-24-11-9-10-22(2)19-24)28(34)21-33(26-16-14-25(30)15-17-26)38(36,37)27-12-7-6-8-13-27/h6-17,19,23H,4-5,18,20-21H2,1-3H3,(H,31,35)/t23-/m1/s1. The number of hydrogen-bond acceptors (Lipinski definition) is 4. The minimum atomic E-state index is -4.06. The molecule has 0 saturated heterocycles. The highest BCUT2D eigenvalue weighted by atomic mass is 127. The Morgan fingerprint density at radius 2 is 1.66 bits per heavy atom. The van der Waals surface area contributed by atoms with Gasteiger partial charge in [0.25, 0.3) is 10.0 Å². The molecule has 3 aromatic rings. The zero-order valence-electron chi connectivity index (χ0n) is 21.9. The Hall–Kier alpha value is -2.92. The first-order valence-electron chi connectivity index (χ1n) is 12.6. The molecule has 0 aliphatic heterocycles. The Balaban J connectivity index is 1.98. The molecule has 1 N–H and O–H groups in total. The van der Waals surface area contributed by atoms with Gasteiger partial charge in [-0.2, -0.15) is 0 Å². The Bertz CT molecular complexity index is 1330. The molecule has 7 nitrogen and oxygen atoms in total. The minimum absolute atomic E-state index is 0.0851. The van der Waals surface area contributed by atoms with Crippen LogP contribution in [0.1, 0.15) is 37.8 Å². The van der Waals surface area contributed by atoms with E-state index in [2.05, 4.69) is 27.9 Å². The first-order valence-corrected chi connectivity index (χ1v) is 15.1. The van der Waals surface area contributed by atoms with Gasteiger partial charge in [-0.15, -0.1) is 0 Å². The van der Waals surface area contributed by atoms with Crippen LogP contribution in [-0.2, 0) is 26.2 Å². The summed E-state index contributed by atoms with van der Waals surface area (Å²) in [6, 6.07) is 21.9. The molecule has 9 heteroatoms. The second-order valence-electron chi connectivity index (χ2n) is 9.13. The highest BCUT2D eigenvalue weighted by molar-refractivity contribution is 14.1. The molecule has 0 unspecified atom stereocenters. The predicted molar refractivity (Wildman–Crippen MR) is 159 cm³/mol. The number of aryl methyl sites for hydroxylation is 1. The van der Waals surface area contributed by atoms with Crippen molar-refractivity contribution >= 4 is 50.1 Å². The van der Waals surface area contributed by atoms with E-state index >= 15 is 0 Å². The molecule has 0 aliphatic carbocycles. The van der Waals surface area contributed by atoms with Crippen LogP contribution in [0.3, 0.4) is 0 Å². The summed E-state index contributed by atoms with van der Waals surface area (Å²) in [5, 5.41) is 2.90. The number of amides is 2. The Morgan fingerprint density at radius 3 is 2.29 bits per heavy atom. The lowest BCUT2D eigenvalue weighted by atomic mass is 10.1. The average Bonchev–Trinajstić information content (AvgIpc) is 2.91. The summed E-state index contributed by atoms with van der Waals surface area (Å²) >= 11 is 2.15. The third kappa shape index (κ3) is 7.80. The van der Waals surface area contributed by atoms with Crippen LogP contribution in [0.25, 0.3) is 0 Å². The second kappa shape index (κ2) is 13.7. The number of carbonyl (C=O) groups is 2. The number of rotatable bonds is 12. The molecule has 0 radical (unpaired) electrons. The fourth-order valence-corrected chi connectivity index (χ4v) is 5.78. The molecule has 0 aromatic heterocycles. The number of benzene rings is 3. The summed E-state index contributed by atoms with van der Waals surface area (Å²) < 4.78 is 29.5. The molecule has 2 amide bonds. The molecular formula is C29H34IN3O4S. The van der Waals surface area contributed by atoms with E-state index in [-0.39, 0.29) is 17.3 Å². The first-order chi connectivity index (χ1) is 18.1. The average molecular weight is 648 g/mol. The van der Waals surface area contributed by atoms with E-state index in [0.717, 1.165) is 31.8 Å². The maximum Gasteiger partial charge on any atom is 0.264 e. The minimum Gasteiger partial charge on any atom is -0.354 e. The van der Waals surface area contributed by atoms with Crippen LogP contribution in [-0.4, -0.2) is 44.3 Å². The number of sulfonamides is 1. The summed E-state index contributed by atoms with van der Waals surface area (Å²) in [4.78, 5) is 28.4. The Kier molecular flexibility index (Phi) is 10.7. The van der Waals surface area contributed by atoms with Gasteiger partial charge in [-0.25, -0.2) is 8.42 Å². The number of hydrogen-bond donors (Lipinski definition) is 1. The topological polar surface area (TPSA) is 86.8 Å². The van der Waals surface area contributed by atoms with Crippen LogP contribution in [0.15, 0.2) is 83.8 Å². The van der Waals surface area contributed by atoms with Crippen LogP contribution in [0.5, 0.6) is 0 Å². The van der Waals surface area contributed by atoms with E-state index in [1.807, 2.05) is 38.1 Å². The van der Waals surface area contributed by atoms with Crippen LogP contribution in [0.4, 0.5) is 5.69 Å². The van der Waals surface area contributed by atoms with Crippen LogP contribution in [0, 0.1) is 10.5 Å². The van der Waals surface area contributed by atoms with Gasteiger partial charge in [-0.3, -0.25) is 13.9 Å². The van der Waals surface area contributed by atoms with Gasteiger partial charge in [0, 0.05) is 16.7 Å². The van der Waals surface area contributed by atoms with Crippen molar-refractivity contribution in [3.05, 3.63) is 93.6 Å². The lowest BCUT2D eigenvalue weighted by Crippen LogP contribution is -2.51. The van der Waals surface area contributed by atoms with Crippen molar-refractivity contribution in [2.75, 3.05) is 17.4 Å². The fourth-order valence-electron chi connectivity index (χ4n) is 3.98. The van der Waals surface area contributed by atoms with Crippen LogP contribution < -0.4 is 9.62 Å². The van der Waals surface area contributed by atoms with Crippen LogP contribution in [0.2, 0.25) is 0 Å². The van der Waals surface area contributed by atoms with Crippen molar-refractivity contribution in [2.45, 2.75) is 51.1 Å². The molecule has 3 rings (SSSR count). The van der Waals surface area contributed by atoms with Crippen molar-refractivity contribution in [3.8, 4) is 0 Å². The Morgan fingerprint density at radius 1 is 0.974 bits per heavy atom. The van der Waals surface area contributed by atoms with Gasteiger partial charge in [0.2, 0.25) is 11.8 Å². The summed E-state index contributed by atoms with van der Waals surface area (Å²) in [7, 11) is -4.06. The summed E-state index contributed by atoms with van der Waals surface area (Å²) in [5.74, 6) is -0.742. The molecule has 38 heavy (non-hydrogen) atoms. The van der Waals surface area contributed by atoms with Crippen molar-refractivity contribution in [1.82, 2.24) is 10.2 Å². The fraction of sp³-hybridized carbons (Fsp3) is 0.310. The van der Waals surface area contributed by atoms with E-state index in [1.54, 1.807) is 49.4 Å².